The van der Waals surface area contributed by atoms with Crippen molar-refractivity contribution in [3.63, 3.8) is 0 Å². The molecule has 26 heavy (non-hydrogen) atoms. The van der Waals surface area contributed by atoms with Crippen LogP contribution in [0.2, 0.25) is 0 Å². The smallest absolute Gasteiger partial charge is 0.257 e. The van der Waals surface area contributed by atoms with E-state index in [4.69, 9.17) is 12.2 Å². The topological polar surface area (TPSA) is 70.2 Å². The van der Waals surface area contributed by atoms with Crippen LogP contribution in [0.1, 0.15) is 44.9 Å². The Morgan fingerprint density at radius 1 is 1.00 bits per heavy atom. The summed E-state index contributed by atoms with van der Waals surface area (Å²) in [6, 6.07) is 16.5. The van der Waals surface area contributed by atoms with Crippen LogP contribution in [0.4, 0.5) is 0 Å². The van der Waals surface area contributed by atoms with Gasteiger partial charge in [0.1, 0.15) is 0 Å². The summed E-state index contributed by atoms with van der Waals surface area (Å²) in [6.07, 6.45) is 0. The van der Waals surface area contributed by atoms with E-state index in [1.54, 1.807) is 12.1 Å². The van der Waals surface area contributed by atoms with Gasteiger partial charge in [0.2, 0.25) is 0 Å². The van der Waals surface area contributed by atoms with E-state index in [2.05, 4.69) is 36.3 Å². The quantitative estimate of drug-likeness (QED) is 0.538. The number of sulfonamides is 1. The summed E-state index contributed by atoms with van der Waals surface area (Å²) in [4.78, 5) is 2.49. The summed E-state index contributed by atoms with van der Waals surface area (Å²) in [5.74, 6) is 0. The molecule has 2 rings (SSSR count). The van der Waals surface area contributed by atoms with Crippen LogP contribution in [0.25, 0.3) is 0 Å². The molecule has 0 bridgehead atoms. The fourth-order valence-electron chi connectivity index (χ4n) is 2.36. The van der Waals surface area contributed by atoms with Crippen molar-refractivity contribution >= 4 is 27.4 Å². The second-order valence-electron chi connectivity index (χ2n) is 7.11. The van der Waals surface area contributed by atoms with Gasteiger partial charge >= 0.3 is 0 Å². The number of benzene rings is 2. The Balaban J connectivity index is 1.96. The van der Waals surface area contributed by atoms with Crippen LogP contribution >= 0.6 is 12.2 Å². The molecular weight excluding hydrogens is 366 g/mol. The maximum Gasteiger partial charge on any atom is 0.257 e. The third kappa shape index (κ3) is 5.52. The molecule has 2 aromatic rings. The minimum Gasteiger partial charge on any atom is -0.355 e. The highest BCUT2D eigenvalue weighted by Crippen LogP contribution is 2.23. The van der Waals surface area contributed by atoms with Crippen molar-refractivity contribution < 1.29 is 8.42 Å². The molecule has 0 saturated heterocycles. The van der Waals surface area contributed by atoms with Gasteiger partial charge in [-0.15, -0.1) is 4.83 Å². The highest BCUT2D eigenvalue weighted by Gasteiger charge is 2.18. The van der Waals surface area contributed by atoms with Gasteiger partial charge in [0, 0.05) is 0 Å². The lowest BCUT2D eigenvalue weighted by atomic mass is 9.87. The molecule has 0 radical (unpaired) electrons. The molecule has 2 aromatic carbocycles. The lowest BCUT2D eigenvalue weighted by Gasteiger charge is -2.20. The third-order valence-corrected chi connectivity index (χ3v) is 5.46. The summed E-state index contributed by atoms with van der Waals surface area (Å²) in [6.45, 7) is 8.18. The van der Waals surface area contributed by atoms with Gasteiger partial charge in [-0.05, 0) is 47.8 Å². The molecule has 140 valence electrons. The summed E-state index contributed by atoms with van der Waals surface area (Å²) in [5, 5.41) is 3.25. The van der Waals surface area contributed by atoms with Gasteiger partial charge in [0.15, 0.2) is 5.11 Å². The van der Waals surface area contributed by atoms with E-state index in [-0.39, 0.29) is 21.5 Å². The van der Waals surface area contributed by atoms with Crippen LogP contribution in [-0.4, -0.2) is 13.5 Å². The average molecular weight is 392 g/mol. The number of hydrazine groups is 1. The molecule has 0 aliphatic rings. The minimum absolute atomic E-state index is 0.0347. The summed E-state index contributed by atoms with van der Waals surface area (Å²) >= 11 is 5.17. The van der Waals surface area contributed by atoms with Gasteiger partial charge in [-0.25, -0.2) is 8.42 Å². The van der Waals surface area contributed by atoms with Gasteiger partial charge in [0.05, 0.1) is 10.9 Å². The molecule has 0 heterocycles. The molecule has 0 amide bonds. The van der Waals surface area contributed by atoms with Crippen molar-refractivity contribution in [2.45, 2.75) is 44.0 Å². The Kier molecular flexibility index (Phi) is 6.39. The van der Waals surface area contributed by atoms with E-state index >= 15 is 0 Å². The molecule has 1 atom stereocenters. The maximum absolute atomic E-state index is 12.4. The first-order valence-corrected chi connectivity index (χ1v) is 10.2. The van der Waals surface area contributed by atoms with E-state index in [0.717, 1.165) is 11.1 Å². The molecule has 0 aliphatic carbocycles. The standard InChI is InChI=1S/C19H25N3O2S2/c1-14(15-8-6-5-7-9-15)20-18(25)21-22-26(23,24)17-12-10-16(11-13-17)19(2,3)4/h5-14,22H,1-4H3,(H2,20,21,25)/t14-/m0/s1. The average Bonchev–Trinajstić information content (AvgIpc) is 2.60. The SMILES string of the molecule is C[C@H](NC(=S)NNS(=O)(=O)c1ccc(C(C)(C)C)cc1)c1ccccc1. The zero-order chi connectivity index (χ0) is 19.4. The maximum atomic E-state index is 12.4. The first kappa shape index (κ1) is 20.4. The van der Waals surface area contributed by atoms with Gasteiger partial charge < -0.3 is 5.32 Å². The van der Waals surface area contributed by atoms with E-state index in [1.165, 1.54) is 0 Å². The zero-order valence-corrected chi connectivity index (χ0v) is 17.0. The minimum atomic E-state index is -3.71. The van der Waals surface area contributed by atoms with E-state index < -0.39 is 10.0 Å². The summed E-state index contributed by atoms with van der Waals surface area (Å²) in [5.41, 5.74) is 4.64. The second-order valence-corrected chi connectivity index (χ2v) is 9.20. The highest BCUT2D eigenvalue weighted by atomic mass is 32.2. The van der Waals surface area contributed by atoms with Crippen molar-refractivity contribution in [1.82, 2.24) is 15.6 Å². The number of hydrogen-bond donors (Lipinski definition) is 3. The Hall–Kier alpha value is -1.96. The Labute approximate surface area is 161 Å². The first-order chi connectivity index (χ1) is 12.1. The van der Waals surface area contributed by atoms with E-state index in [9.17, 15) is 8.42 Å². The first-order valence-electron chi connectivity index (χ1n) is 8.33. The Morgan fingerprint density at radius 3 is 2.12 bits per heavy atom. The molecule has 5 nitrogen and oxygen atoms in total. The molecule has 0 saturated carbocycles. The highest BCUT2D eigenvalue weighted by molar-refractivity contribution is 7.89. The molecule has 3 N–H and O–H groups in total. The molecule has 0 unspecified atom stereocenters. The van der Waals surface area contributed by atoms with Crippen LogP contribution in [0, 0.1) is 0 Å². The van der Waals surface area contributed by atoms with E-state index in [0.29, 0.717) is 0 Å². The second kappa shape index (κ2) is 8.16. The summed E-state index contributed by atoms with van der Waals surface area (Å²) < 4.78 is 24.8. The zero-order valence-electron chi connectivity index (χ0n) is 15.4. The van der Waals surface area contributed by atoms with Crippen LogP contribution < -0.4 is 15.6 Å². The number of rotatable bonds is 5. The predicted octanol–water partition coefficient (Wildman–Crippen LogP) is 3.40. The largest absolute Gasteiger partial charge is 0.355 e. The van der Waals surface area contributed by atoms with Gasteiger partial charge in [-0.3, -0.25) is 5.43 Å². The molecule has 0 aliphatic heterocycles. The van der Waals surface area contributed by atoms with Crippen molar-refractivity contribution in [3.8, 4) is 0 Å². The van der Waals surface area contributed by atoms with Gasteiger partial charge in [0.25, 0.3) is 10.0 Å². The fourth-order valence-corrected chi connectivity index (χ4v) is 3.51. The van der Waals surface area contributed by atoms with Crippen molar-refractivity contribution in [2.75, 3.05) is 0 Å². The van der Waals surface area contributed by atoms with Crippen LogP contribution in [0.3, 0.4) is 0 Å². The molecule has 0 spiro atoms. The number of thiocarbonyl (C=S) groups is 1. The molecular formula is C19H25N3O2S2. The van der Waals surface area contributed by atoms with E-state index in [1.807, 2.05) is 49.4 Å². The van der Waals surface area contributed by atoms with Crippen molar-refractivity contribution in [3.05, 3.63) is 65.7 Å². The van der Waals surface area contributed by atoms with Gasteiger partial charge in [-0.2, -0.15) is 0 Å². The third-order valence-electron chi connectivity index (χ3n) is 3.98. The number of nitrogens with one attached hydrogen (secondary N) is 3. The Bertz CT molecular complexity index is 843. The van der Waals surface area contributed by atoms with Crippen molar-refractivity contribution in [2.24, 2.45) is 0 Å². The van der Waals surface area contributed by atoms with Crippen LogP contribution in [-0.2, 0) is 15.4 Å². The van der Waals surface area contributed by atoms with Gasteiger partial charge in [-0.1, -0.05) is 63.2 Å². The Morgan fingerprint density at radius 2 is 1.58 bits per heavy atom. The predicted molar refractivity (Wildman–Crippen MR) is 109 cm³/mol. The monoisotopic (exact) mass is 391 g/mol. The van der Waals surface area contributed by atoms with Crippen LogP contribution in [0.5, 0.6) is 0 Å². The molecule has 7 heteroatoms. The number of hydrogen-bond acceptors (Lipinski definition) is 3. The normalized spacial score (nSPS) is 13.1. The fraction of sp³-hybridized carbons (Fsp3) is 0.316. The lowest BCUT2D eigenvalue weighted by Crippen LogP contribution is -2.47. The lowest BCUT2D eigenvalue weighted by molar-refractivity contribution is 0.573. The summed E-state index contributed by atoms with van der Waals surface area (Å²) in [7, 11) is -3.71. The van der Waals surface area contributed by atoms with Crippen molar-refractivity contribution in [1.29, 1.82) is 0 Å². The van der Waals surface area contributed by atoms with Crippen LogP contribution in [0.15, 0.2) is 59.5 Å². The molecule has 0 aromatic heterocycles. The molecule has 0 fully saturated rings.